The van der Waals surface area contributed by atoms with E-state index in [0.29, 0.717) is 36.0 Å². The molecule has 0 radical (unpaired) electrons. The Hall–Kier alpha value is -3.43. The van der Waals surface area contributed by atoms with Crippen molar-refractivity contribution in [3.05, 3.63) is 82.1 Å². The molecule has 9 heteroatoms. The van der Waals surface area contributed by atoms with Crippen molar-refractivity contribution < 1.29 is 9.59 Å². The minimum atomic E-state index is -0.296. The predicted molar refractivity (Wildman–Crippen MR) is 120 cm³/mol. The highest BCUT2D eigenvalue weighted by Crippen LogP contribution is 2.30. The van der Waals surface area contributed by atoms with Crippen molar-refractivity contribution in [2.24, 2.45) is 0 Å². The lowest BCUT2D eigenvalue weighted by Crippen LogP contribution is -2.35. The lowest BCUT2D eigenvalue weighted by atomic mass is 10.1. The maximum Gasteiger partial charge on any atom is 0.276 e. The summed E-state index contributed by atoms with van der Waals surface area (Å²) in [5, 5.41) is 5.97. The average molecular weight is 448 g/mol. The zero-order chi connectivity index (χ0) is 21.2. The second-order valence-corrected chi connectivity index (χ2v) is 8.88. The van der Waals surface area contributed by atoms with Crippen molar-refractivity contribution in [1.29, 1.82) is 0 Å². The Kier molecular flexibility index (Phi) is 5.27. The van der Waals surface area contributed by atoms with Crippen molar-refractivity contribution in [2.75, 3.05) is 11.9 Å². The first kappa shape index (κ1) is 19.5. The number of nitrogens with one attached hydrogen (secondary N) is 1. The lowest BCUT2D eigenvalue weighted by Gasteiger charge is -2.25. The summed E-state index contributed by atoms with van der Waals surface area (Å²) in [5.41, 5.74) is 2.72. The molecule has 2 amide bonds. The van der Waals surface area contributed by atoms with Crippen LogP contribution >= 0.6 is 22.7 Å². The van der Waals surface area contributed by atoms with E-state index in [4.69, 9.17) is 0 Å². The van der Waals surface area contributed by atoms with Crippen molar-refractivity contribution in [3.63, 3.8) is 0 Å². The van der Waals surface area contributed by atoms with Gasteiger partial charge in [-0.05, 0) is 12.1 Å². The maximum atomic E-state index is 13.0. The number of fused-ring (bicyclic) bond motifs is 1. The largest absolute Gasteiger partial charge is 0.332 e. The molecule has 154 valence electrons. The molecule has 0 spiro atoms. The summed E-state index contributed by atoms with van der Waals surface area (Å²) in [6, 6.07) is 15.0. The van der Waals surface area contributed by atoms with Crippen molar-refractivity contribution in [3.8, 4) is 10.6 Å². The van der Waals surface area contributed by atoms with Gasteiger partial charge in [-0.3, -0.25) is 19.9 Å². The first-order valence-electron chi connectivity index (χ1n) is 9.68. The number of pyridine rings is 1. The van der Waals surface area contributed by atoms with Gasteiger partial charge in [-0.15, -0.1) is 11.3 Å². The summed E-state index contributed by atoms with van der Waals surface area (Å²) in [6.45, 7) is 1.03. The van der Waals surface area contributed by atoms with Crippen LogP contribution in [0.2, 0.25) is 0 Å². The molecule has 0 atom stereocenters. The van der Waals surface area contributed by atoms with E-state index in [0.717, 1.165) is 21.1 Å². The highest BCUT2D eigenvalue weighted by atomic mass is 32.1. The van der Waals surface area contributed by atoms with Gasteiger partial charge in [0.2, 0.25) is 0 Å². The fourth-order valence-electron chi connectivity index (χ4n) is 3.33. The molecule has 1 aromatic carbocycles. The molecule has 1 aliphatic rings. The number of hydrogen-bond acceptors (Lipinski definition) is 7. The number of amides is 2. The summed E-state index contributed by atoms with van der Waals surface area (Å²) >= 11 is 2.86. The number of carbonyl (C=O) groups excluding carboxylic acids is 2. The molecule has 0 aliphatic carbocycles. The topological polar surface area (TPSA) is 88.1 Å². The normalized spacial score (nSPS) is 13.0. The Labute approximate surface area is 186 Å². The zero-order valence-corrected chi connectivity index (χ0v) is 17.9. The first-order valence-corrected chi connectivity index (χ1v) is 11.4. The quantitative estimate of drug-likeness (QED) is 0.509. The number of carbonyl (C=O) groups is 2. The smallest absolute Gasteiger partial charge is 0.276 e. The summed E-state index contributed by atoms with van der Waals surface area (Å²) < 4.78 is 0. The van der Waals surface area contributed by atoms with Crippen LogP contribution in [0.1, 0.15) is 31.5 Å². The summed E-state index contributed by atoms with van der Waals surface area (Å²) in [7, 11) is 0. The molecular formula is C22H17N5O2S2. The third kappa shape index (κ3) is 4.10. The number of nitrogens with zero attached hydrogens (tertiary/aromatic N) is 4. The Bertz CT molecular complexity index is 1240. The number of anilines is 1. The minimum Gasteiger partial charge on any atom is -0.332 e. The summed E-state index contributed by atoms with van der Waals surface area (Å²) in [6.07, 6.45) is 2.22. The minimum absolute atomic E-state index is 0.0865. The molecular weight excluding hydrogens is 430 g/mol. The lowest BCUT2D eigenvalue weighted by molar-refractivity contribution is 0.0731. The van der Waals surface area contributed by atoms with E-state index in [1.165, 1.54) is 22.7 Å². The second-order valence-electron chi connectivity index (χ2n) is 6.94. The Morgan fingerprint density at radius 1 is 1.00 bits per heavy atom. The molecule has 5 rings (SSSR count). The van der Waals surface area contributed by atoms with Gasteiger partial charge >= 0.3 is 0 Å². The number of thiazole rings is 2. The third-order valence-electron chi connectivity index (χ3n) is 4.88. The van der Waals surface area contributed by atoms with E-state index in [1.807, 2.05) is 35.7 Å². The van der Waals surface area contributed by atoms with Crippen LogP contribution in [0.3, 0.4) is 0 Å². The molecule has 1 aliphatic heterocycles. The fourth-order valence-corrected chi connectivity index (χ4v) is 5.15. The Morgan fingerprint density at radius 3 is 2.65 bits per heavy atom. The maximum absolute atomic E-state index is 13.0. The molecule has 0 unspecified atom stereocenters. The van der Waals surface area contributed by atoms with E-state index in [1.54, 1.807) is 29.3 Å². The number of benzene rings is 1. The highest BCUT2D eigenvalue weighted by molar-refractivity contribution is 7.16. The SMILES string of the molecule is O=C(Nc1nc2c(s1)CN(C(=O)c1csc(-c3ccccc3)n1)CC2)c1ccccn1. The Morgan fingerprint density at radius 2 is 1.84 bits per heavy atom. The van der Waals surface area contributed by atoms with Crippen LogP contribution in [0.15, 0.2) is 60.1 Å². The van der Waals surface area contributed by atoms with Crippen LogP contribution in [0.5, 0.6) is 0 Å². The molecule has 4 aromatic rings. The van der Waals surface area contributed by atoms with Crippen LogP contribution in [-0.2, 0) is 13.0 Å². The second kappa shape index (κ2) is 8.37. The van der Waals surface area contributed by atoms with Gasteiger partial charge < -0.3 is 4.90 Å². The van der Waals surface area contributed by atoms with Crippen LogP contribution in [-0.4, -0.2) is 38.2 Å². The van der Waals surface area contributed by atoms with Gasteiger partial charge in [0.05, 0.1) is 12.2 Å². The Balaban J connectivity index is 1.28. The van der Waals surface area contributed by atoms with Gasteiger partial charge in [0.15, 0.2) is 5.13 Å². The van der Waals surface area contributed by atoms with Crippen LogP contribution < -0.4 is 5.32 Å². The van der Waals surface area contributed by atoms with E-state index in [2.05, 4.69) is 20.3 Å². The fraction of sp³-hybridized carbons (Fsp3) is 0.136. The van der Waals surface area contributed by atoms with E-state index < -0.39 is 0 Å². The summed E-state index contributed by atoms with van der Waals surface area (Å²) in [4.78, 5) is 41.2. The van der Waals surface area contributed by atoms with Crippen LogP contribution in [0.25, 0.3) is 10.6 Å². The molecule has 7 nitrogen and oxygen atoms in total. The van der Waals surface area contributed by atoms with Gasteiger partial charge in [0.25, 0.3) is 11.8 Å². The van der Waals surface area contributed by atoms with Crippen molar-refractivity contribution in [1.82, 2.24) is 19.9 Å². The van der Waals surface area contributed by atoms with Crippen LogP contribution in [0.4, 0.5) is 5.13 Å². The zero-order valence-electron chi connectivity index (χ0n) is 16.3. The van der Waals surface area contributed by atoms with Gasteiger partial charge in [-0.2, -0.15) is 0 Å². The molecule has 4 heterocycles. The van der Waals surface area contributed by atoms with Gasteiger partial charge in [-0.25, -0.2) is 9.97 Å². The first-order chi connectivity index (χ1) is 15.2. The molecule has 0 fully saturated rings. The van der Waals surface area contributed by atoms with E-state index in [-0.39, 0.29) is 11.8 Å². The van der Waals surface area contributed by atoms with Crippen molar-refractivity contribution >= 4 is 39.6 Å². The molecule has 0 saturated heterocycles. The van der Waals surface area contributed by atoms with Gasteiger partial charge in [-0.1, -0.05) is 47.7 Å². The van der Waals surface area contributed by atoms with Crippen molar-refractivity contribution in [2.45, 2.75) is 13.0 Å². The number of aromatic nitrogens is 3. The van der Waals surface area contributed by atoms with Crippen LogP contribution in [0, 0.1) is 0 Å². The molecule has 0 bridgehead atoms. The average Bonchev–Trinajstić information content (AvgIpc) is 3.46. The third-order valence-corrected chi connectivity index (χ3v) is 6.77. The summed E-state index contributed by atoms with van der Waals surface area (Å²) in [5.74, 6) is -0.382. The molecule has 1 N–H and O–H groups in total. The van der Waals surface area contributed by atoms with E-state index >= 15 is 0 Å². The molecule has 0 saturated carbocycles. The number of hydrogen-bond donors (Lipinski definition) is 1. The predicted octanol–water partition coefficient (Wildman–Crippen LogP) is 4.11. The standard InChI is InChI=1S/C22H17N5O2S2/c28-19(16-8-4-5-10-23-16)26-22-25-15-9-11-27(12-18(15)31-22)21(29)17-13-30-20(24-17)14-6-2-1-3-7-14/h1-8,10,13H,9,11-12H2,(H,25,26,28). The van der Waals surface area contributed by atoms with E-state index in [9.17, 15) is 9.59 Å². The van der Waals surface area contributed by atoms with Gasteiger partial charge in [0, 0.05) is 35.0 Å². The highest BCUT2D eigenvalue weighted by Gasteiger charge is 2.27. The molecule has 3 aromatic heterocycles. The molecule has 31 heavy (non-hydrogen) atoms. The van der Waals surface area contributed by atoms with Gasteiger partial charge in [0.1, 0.15) is 16.4 Å². The monoisotopic (exact) mass is 447 g/mol. The number of rotatable bonds is 4.